The predicted octanol–water partition coefficient (Wildman–Crippen LogP) is 2.60. The first kappa shape index (κ1) is 17.3. The second-order valence-corrected chi connectivity index (χ2v) is 6.37. The van der Waals surface area contributed by atoms with E-state index in [1.807, 2.05) is 18.2 Å². The third kappa shape index (κ3) is 3.00. The highest BCUT2D eigenvalue weighted by atomic mass is 19.1. The van der Waals surface area contributed by atoms with Gasteiger partial charge in [0.05, 0.1) is 29.7 Å². The van der Waals surface area contributed by atoms with Gasteiger partial charge in [0, 0.05) is 18.1 Å². The molecule has 3 heterocycles. The van der Waals surface area contributed by atoms with E-state index in [0.29, 0.717) is 22.9 Å². The number of hydrogen-bond donors (Lipinski definition) is 3. The standard InChI is InChI=1S/C19H16FN7O2/c1-28-10-16-17(24-26-27(16)15-5-3-2-4-13(15)20)19-22-18(25-29-19)11-6-7-14-12(8-11)9-21-23-14/h2-9,24,26H,10H2,1H3,(H,21,23). The van der Waals surface area contributed by atoms with Gasteiger partial charge in [0.25, 0.3) is 5.89 Å². The molecule has 2 aromatic carbocycles. The van der Waals surface area contributed by atoms with Gasteiger partial charge in [-0.1, -0.05) is 17.3 Å². The number of ether oxygens (including phenoxy) is 1. The van der Waals surface area contributed by atoms with Crippen molar-refractivity contribution in [1.82, 2.24) is 31.3 Å². The Balaban J connectivity index is 1.53. The number of H-pyrrole nitrogens is 1. The molecule has 4 aromatic rings. The summed E-state index contributed by atoms with van der Waals surface area (Å²) in [7, 11) is 1.56. The van der Waals surface area contributed by atoms with Gasteiger partial charge < -0.3 is 9.26 Å². The number of rotatable bonds is 5. The number of para-hydroxylation sites is 1. The van der Waals surface area contributed by atoms with Crippen molar-refractivity contribution in [2.75, 3.05) is 18.7 Å². The van der Waals surface area contributed by atoms with Crippen LogP contribution in [0, 0.1) is 5.82 Å². The van der Waals surface area contributed by atoms with Crippen molar-refractivity contribution >= 4 is 22.3 Å². The first-order valence-electron chi connectivity index (χ1n) is 8.80. The molecule has 0 bridgehead atoms. The van der Waals surface area contributed by atoms with Crippen LogP contribution in [0.1, 0.15) is 5.89 Å². The van der Waals surface area contributed by atoms with E-state index in [2.05, 4.69) is 31.3 Å². The van der Waals surface area contributed by atoms with E-state index in [1.54, 1.807) is 36.5 Å². The normalized spacial score (nSPS) is 14.1. The summed E-state index contributed by atoms with van der Waals surface area (Å²) in [6.07, 6.45) is 1.73. The molecule has 0 saturated heterocycles. The molecule has 3 N–H and O–H groups in total. The van der Waals surface area contributed by atoms with Crippen LogP contribution in [0.4, 0.5) is 10.1 Å². The third-order valence-electron chi connectivity index (χ3n) is 4.56. The third-order valence-corrected chi connectivity index (χ3v) is 4.56. The Bertz CT molecular complexity index is 1220. The topological polar surface area (TPSA) is 104 Å². The van der Waals surface area contributed by atoms with E-state index >= 15 is 0 Å². The monoisotopic (exact) mass is 393 g/mol. The van der Waals surface area contributed by atoms with Gasteiger partial charge in [0.2, 0.25) is 5.82 Å². The van der Waals surface area contributed by atoms with Crippen molar-refractivity contribution in [2.24, 2.45) is 0 Å². The Labute approximate surface area is 164 Å². The zero-order valence-corrected chi connectivity index (χ0v) is 15.3. The van der Waals surface area contributed by atoms with Crippen LogP contribution in [0.3, 0.4) is 0 Å². The van der Waals surface area contributed by atoms with Crippen molar-refractivity contribution in [1.29, 1.82) is 0 Å². The highest BCUT2D eigenvalue weighted by Crippen LogP contribution is 2.29. The molecule has 0 amide bonds. The molecule has 0 radical (unpaired) electrons. The van der Waals surface area contributed by atoms with E-state index in [9.17, 15) is 4.39 Å². The summed E-state index contributed by atoms with van der Waals surface area (Å²) in [5.74, 6) is 0.306. The minimum Gasteiger partial charge on any atom is -0.378 e. The Hall–Kier alpha value is -3.76. The van der Waals surface area contributed by atoms with Gasteiger partial charge in [0.15, 0.2) is 0 Å². The number of hydrazine groups is 2. The number of aromatic amines is 1. The lowest BCUT2D eigenvalue weighted by atomic mass is 10.1. The Morgan fingerprint density at radius 1 is 1.21 bits per heavy atom. The van der Waals surface area contributed by atoms with Crippen LogP contribution in [-0.2, 0) is 4.74 Å². The van der Waals surface area contributed by atoms with Gasteiger partial charge in [-0.25, -0.2) is 4.39 Å². The largest absolute Gasteiger partial charge is 0.378 e. The molecule has 1 aliphatic heterocycles. The van der Waals surface area contributed by atoms with Gasteiger partial charge in [-0.3, -0.25) is 15.5 Å². The number of methoxy groups -OCH3 is 1. The number of halogens is 1. The minimum atomic E-state index is -0.378. The van der Waals surface area contributed by atoms with Gasteiger partial charge in [-0.05, 0) is 30.3 Å². The van der Waals surface area contributed by atoms with E-state index in [4.69, 9.17) is 9.26 Å². The van der Waals surface area contributed by atoms with Gasteiger partial charge in [-0.2, -0.15) is 10.1 Å². The molecule has 29 heavy (non-hydrogen) atoms. The molecule has 146 valence electrons. The zero-order valence-electron chi connectivity index (χ0n) is 15.3. The molecular weight excluding hydrogens is 377 g/mol. The zero-order chi connectivity index (χ0) is 19.8. The van der Waals surface area contributed by atoms with Crippen molar-refractivity contribution in [3.8, 4) is 11.4 Å². The lowest BCUT2D eigenvalue weighted by Crippen LogP contribution is -2.39. The lowest BCUT2D eigenvalue weighted by Gasteiger charge is -2.20. The number of fused-ring (bicyclic) bond motifs is 1. The average Bonchev–Trinajstić information content (AvgIpc) is 3.47. The van der Waals surface area contributed by atoms with Crippen LogP contribution in [0.25, 0.3) is 28.0 Å². The van der Waals surface area contributed by atoms with E-state index in [1.165, 1.54) is 6.07 Å². The quantitative estimate of drug-likeness (QED) is 0.475. The maximum atomic E-state index is 14.3. The van der Waals surface area contributed by atoms with Crippen molar-refractivity contribution in [3.63, 3.8) is 0 Å². The summed E-state index contributed by atoms with van der Waals surface area (Å²) in [6, 6.07) is 12.1. The van der Waals surface area contributed by atoms with Gasteiger partial charge in [0.1, 0.15) is 11.5 Å². The lowest BCUT2D eigenvalue weighted by molar-refractivity contribution is 0.223. The van der Waals surface area contributed by atoms with Crippen molar-refractivity contribution < 1.29 is 13.7 Å². The SMILES string of the molecule is COCC1=C(c2nc(-c3ccc4[nH]ncc4c3)no2)NNN1c1ccccc1F. The number of hydrogen-bond acceptors (Lipinski definition) is 8. The van der Waals surface area contributed by atoms with E-state index in [0.717, 1.165) is 16.5 Å². The fourth-order valence-electron chi connectivity index (χ4n) is 3.18. The number of anilines is 1. The fourth-order valence-corrected chi connectivity index (χ4v) is 3.18. The van der Waals surface area contributed by atoms with Crippen molar-refractivity contribution in [2.45, 2.75) is 0 Å². The van der Waals surface area contributed by atoms with E-state index in [-0.39, 0.29) is 18.3 Å². The Kier molecular flexibility index (Phi) is 4.19. The second-order valence-electron chi connectivity index (χ2n) is 6.37. The van der Waals surface area contributed by atoms with Crippen molar-refractivity contribution in [3.05, 3.63) is 66.1 Å². The van der Waals surface area contributed by atoms with Crippen LogP contribution < -0.4 is 16.0 Å². The maximum absolute atomic E-state index is 14.3. The van der Waals surface area contributed by atoms with Crippen LogP contribution in [-0.4, -0.2) is 34.1 Å². The summed E-state index contributed by atoms with van der Waals surface area (Å²) >= 11 is 0. The average molecular weight is 393 g/mol. The Morgan fingerprint density at radius 3 is 2.97 bits per heavy atom. The number of nitrogens with zero attached hydrogens (tertiary/aromatic N) is 4. The molecule has 0 atom stereocenters. The molecule has 5 rings (SSSR count). The molecule has 0 fully saturated rings. The molecule has 0 saturated carbocycles. The van der Waals surface area contributed by atoms with Crippen LogP contribution >= 0.6 is 0 Å². The predicted molar refractivity (Wildman–Crippen MR) is 103 cm³/mol. The van der Waals surface area contributed by atoms with Gasteiger partial charge >= 0.3 is 0 Å². The summed E-state index contributed by atoms with van der Waals surface area (Å²) in [5.41, 5.74) is 9.06. The first-order valence-corrected chi connectivity index (χ1v) is 8.80. The molecule has 0 spiro atoms. The number of aromatic nitrogens is 4. The molecule has 0 aliphatic carbocycles. The Morgan fingerprint density at radius 2 is 2.10 bits per heavy atom. The molecule has 1 aliphatic rings. The van der Waals surface area contributed by atoms with Crippen LogP contribution in [0.2, 0.25) is 0 Å². The first-order chi connectivity index (χ1) is 14.2. The summed E-state index contributed by atoms with van der Waals surface area (Å²) < 4.78 is 25.0. The van der Waals surface area contributed by atoms with Crippen LogP contribution in [0.15, 0.2) is 58.9 Å². The summed E-state index contributed by atoms with van der Waals surface area (Å²) in [6.45, 7) is 0.197. The molecule has 9 nitrogen and oxygen atoms in total. The molecule has 10 heteroatoms. The van der Waals surface area contributed by atoms with Crippen LogP contribution in [0.5, 0.6) is 0 Å². The maximum Gasteiger partial charge on any atom is 0.277 e. The highest BCUT2D eigenvalue weighted by Gasteiger charge is 2.29. The second kappa shape index (κ2) is 7.00. The van der Waals surface area contributed by atoms with E-state index < -0.39 is 0 Å². The number of benzene rings is 2. The smallest absolute Gasteiger partial charge is 0.277 e. The number of nitrogens with one attached hydrogen (secondary N) is 3. The molecular formula is C19H16FN7O2. The fraction of sp³-hybridized carbons (Fsp3) is 0.105. The summed E-state index contributed by atoms with van der Waals surface area (Å²) in [4.78, 5) is 4.49. The van der Waals surface area contributed by atoms with Gasteiger partial charge in [-0.15, -0.1) is 5.53 Å². The summed E-state index contributed by atoms with van der Waals surface area (Å²) in [5, 5.41) is 13.5. The molecule has 0 unspecified atom stereocenters. The minimum absolute atomic E-state index is 0.197. The molecule has 2 aromatic heterocycles. The highest BCUT2D eigenvalue weighted by molar-refractivity contribution is 5.82.